The summed E-state index contributed by atoms with van der Waals surface area (Å²) in [5.41, 5.74) is 2.05. The fourth-order valence-corrected chi connectivity index (χ4v) is 5.27. The van der Waals surface area contributed by atoms with Crippen LogP contribution in [-0.2, 0) is 20.2 Å². The number of carbonyl (C=O) groups is 1. The molecule has 3 aromatic rings. The SMILES string of the molecule is CCCOc1cncc(-c2ccc(NC(=O)C(C)(C)c3csc(NS(=O)(=O)C(C)CC)n3)cc2)c1. The van der Waals surface area contributed by atoms with Gasteiger partial charge in [-0.25, -0.2) is 13.4 Å². The van der Waals surface area contributed by atoms with Gasteiger partial charge in [-0.05, 0) is 57.4 Å². The number of amides is 1. The van der Waals surface area contributed by atoms with Crippen LogP contribution in [0.25, 0.3) is 11.1 Å². The number of aromatic nitrogens is 2. The van der Waals surface area contributed by atoms with E-state index in [4.69, 9.17) is 4.74 Å². The van der Waals surface area contributed by atoms with E-state index < -0.39 is 20.7 Å². The van der Waals surface area contributed by atoms with E-state index in [1.54, 1.807) is 38.5 Å². The van der Waals surface area contributed by atoms with Gasteiger partial charge in [-0.2, -0.15) is 0 Å². The van der Waals surface area contributed by atoms with Crippen molar-refractivity contribution in [2.24, 2.45) is 0 Å². The highest BCUT2D eigenvalue weighted by atomic mass is 32.2. The van der Waals surface area contributed by atoms with E-state index in [2.05, 4.69) is 20.0 Å². The van der Waals surface area contributed by atoms with E-state index in [9.17, 15) is 13.2 Å². The molecule has 1 aromatic carbocycles. The third-order valence-corrected chi connectivity index (χ3v) is 8.47. The predicted molar refractivity (Wildman–Crippen MR) is 142 cm³/mol. The molecule has 0 aliphatic carbocycles. The number of anilines is 2. The number of nitrogens with zero attached hydrogens (tertiary/aromatic N) is 2. The Morgan fingerprint density at radius 1 is 1.14 bits per heavy atom. The molecule has 188 valence electrons. The summed E-state index contributed by atoms with van der Waals surface area (Å²) in [5, 5.41) is 4.36. The Morgan fingerprint density at radius 3 is 2.51 bits per heavy atom. The van der Waals surface area contributed by atoms with Crippen molar-refractivity contribution >= 4 is 38.1 Å². The van der Waals surface area contributed by atoms with Gasteiger partial charge in [-0.1, -0.05) is 26.0 Å². The predicted octanol–water partition coefficient (Wildman–Crippen LogP) is 5.45. The Morgan fingerprint density at radius 2 is 1.86 bits per heavy atom. The lowest BCUT2D eigenvalue weighted by atomic mass is 9.89. The van der Waals surface area contributed by atoms with Gasteiger partial charge in [-0.15, -0.1) is 11.3 Å². The number of rotatable bonds is 11. The summed E-state index contributed by atoms with van der Waals surface area (Å²) in [6.07, 6.45) is 4.87. The van der Waals surface area contributed by atoms with Crippen molar-refractivity contribution < 1.29 is 17.9 Å². The van der Waals surface area contributed by atoms with Crippen molar-refractivity contribution in [3.8, 4) is 16.9 Å². The molecule has 2 heterocycles. The second-order valence-electron chi connectivity index (χ2n) is 8.82. The monoisotopic (exact) mass is 516 g/mol. The number of ether oxygens (including phenoxy) is 1. The van der Waals surface area contributed by atoms with E-state index in [-0.39, 0.29) is 11.0 Å². The molecule has 0 aliphatic heterocycles. The number of benzene rings is 1. The summed E-state index contributed by atoms with van der Waals surface area (Å²) in [4.78, 5) is 21.7. The average molecular weight is 517 g/mol. The van der Waals surface area contributed by atoms with E-state index in [1.165, 1.54) is 0 Å². The maximum absolute atomic E-state index is 13.1. The minimum absolute atomic E-state index is 0.247. The van der Waals surface area contributed by atoms with Crippen LogP contribution in [0.1, 0.15) is 53.2 Å². The molecule has 8 nitrogen and oxygen atoms in total. The molecule has 10 heteroatoms. The zero-order chi connectivity index (χ0) is 25.6. The first-order valence-corrected chi connectivity index (χ1v) is 14.0. The standard InChI is InChI=1S/C25H32N4O4S2/c1-6-12-33-21-13-19(14-26-15-21)18-8-10-20(11-9-18)27-23(30)25(4,5)22-16-34-24(28-22)29-35(31,32)17(3)7-2/h8-11,13-17H,6-7,12H2,1-5H3,(H,27,30)(H,28,29). The molecule has 1 unspecified atom stereocenters. The van der Waals surface area contributed by atoms with Gasteiger partial charge in [0.25, 0.3) is 0 Å². The van der Waals surface area contributed by atoms with Crippen LogP contribution in [0.4, 0.5) is 10.8 Å². The van der Waals surface area contributed by atoms with Gasteiger partial charge in [0.05, 0.1) is 29.2 Å². The van der Waals surface area contributed by atoms with E-state index in [0.717, 1.165) is 34.6 Å². The van der Waals surface area contributed by atoms with E-state index in [1.807, 2.05) is 44.2 Å². The first kappa shape index (κ1) is 26.6. The largest absolute Gasteiger partial charge is 0.492 e. The van der Waals surface area contributed by atoms with Gasteiger partial charge >= 0.3 is 0 Å². The minimum atomic E-state index is -3.51. The summed E-state index contributed by atoms with van der Waals surface area (Å²) in [5.74, 6) is 0.473. The minimum Gasteiger partial charge on any atom is -0.492 e. The maximum Gasteiger partial charge on any atom is 0.237 e. The average Bonchev–Trinajstić information content (AvgIpc) is 3.31. The highest BCUT2D eigenvalue weighted by Crippen LogP contribution is 2.30. The van der Waals surface area contributed by atoms with Gasteiger partial charge in [0.1, 0.15) is 5.75 Å². The lowest BCUT2D eigenvalue weighted by Gasteiger charge is -2.21. The van der Waals surface area contributed by atoms with Crippen molar-refractivity contribution in [2.45, 2.75) is 58.1 Å². The number of nitrogens with one attached hydrogen (secondary N) is 2. The molecule has 0 spiro atoms. The van der Waals surface area contributed by atoms with Crippen LogP contribution in [0.15, 0.2) is 48.1 Å². The smallest absolute Gasteiger partial charge is 0.237 e. The van der Waals surface area contributed by atoms with Crippen molar-refractivity contribution in [1.82, 2.24) is 9.97 Å². The zero-order valence-electron chi connectivity index (χ0n) is 20.7. The second-order valence-corrected chi connectivity index (χ2v) is 11.8. The molecule has 0 bridgehead atoms. The number of pyridine rings is 1. The van der Waals surface area contributed by atoms with Gasteiger partial charge < -0.3 is 10.1 Å². The third kappa shape index (κ3) is 6.58. The third-order valence-electron chi connectivity index (χ3n) is 5.71. The molecule has 0 aliphatic rings. The number of sulfonamides is 1. The molecular weight excluding hydrogens is 484 g/mol. The van der Waals surface area contributed by atoms with Crippen molar-refractivity contribution in [3.05, 3.63) is 53.8 Å². The molecule has 0 fully saturated rings. The zero-order valence-corrected chi connectivity index (χ0v) is 22.3. The Bertz CT molecular complexity index is 1250. The molecule has 0 saturated heterocycles. The van der Waals surface area contributed by atoms with Crippen molar-refractivity contribution in [2.75, 3.05) is 16.6 Å². The Labute approximate surface area is 211 Å². The molecule has 3 rings (SSSR count). The molecule has 35 heavy (non-hydrogen) atoms. The van der Waals surface area contributed by atoms with Crippen molar-refractivity contribution in [1.29, 1.82) is 0 Å². The highest BCUT2D eigenvalue weighted by molar-refractivity contribution is 7.93. The quantitative estimate of drug-likeness (QED) is 0.351. The highest BCUT2D eigenvalue weighted by Gasteiger charge is 2.33. The molecule has 2 N–H and O–H groups in total. The Hall–Kier alpha value is -2.98. The fraction of sp³-hybridized carbons (Fsp3) is 0.400. The normalized spacial score (nSPS) is 12.7. The summed E-state index contributed by atoms with van der Waals surface area (Å²) >= 11 is 1.16. The van der Waals surface area contributed by atoms with Gasteiger partial charge in [-0.3, -0.25) is 14.5 Å². The summed E-state index contributed by atoms with van der Waals surface area (Å²) < 4.78 is 32.8. The first-order chi connectivity index (χ1) is 16.6. The maximum atomic E-state index is 13.1. The van der Waals surface area contributed by atoms with E-state index in [0.29, 0.717) is 24.4 Å². The van der Waals surface area contributed by atoms with Gasteiger partial charge in [0, 0.05) is 22.8 Å². The number of carbonyl (C=O) groups excluding carboxylic acids is 1. The Balaban J connectivity index is 1.69. The van der Waals surface area contributed by atoms with Gasteiger partial charge in [0.15, 0.2) is 5.13 Å². The number of thiazole rings is 1. The van der Waals surface area contributed by atoms with Crippen LogP contribution in [0.3, 0.4) is 0 Å². The van der Waals surface area contributed by atoms with Crippen LogP contribution < -0.4 is 14.8 Å². The Kier molecular flexibility index (Phi) is 8.50. The summed E-state index contributed by atoms with van der Waals surface area (Å²) in [7, 11) is -3.51. The van der Waals surface area contributed by atoms with Crippen LogP contribution in [0, 0.1) is 0 Å². The summed E-state index contributed by atoms with van der Waals surface area (Å²) in [6.45, 7) is 9.66. The molecule has 1 atom stereocenters. The molecular formula is C25H32N4O4S2. The molecule has 2 aromatic heterocycles. The fourth-order valence-electron chi connectivity index (χ4n) is 3.07. The first-order valence-electron chi connectivity index (χ1n) is 11.5. The topological polar surface area (TPSA) is 110 Å². The van der Waals surface area contributed by atoms with Crippen LogP contribution >= 0.6 is 11.3 Å². The molecule has 0 radical (unpaired) electrons. The van der Waals surface area contributed by atoms with E-state index >= 15 is 0 Å². The number of hydrogen-bond donors (Lipinski definition) is 2. The van der Waals surface area contributed by atoms with Gasteiger partial charge in [0.2, 0.25) is 15.9 Å². The van der Waals surface area contributed by atoms with Crippen LogP contribution in [0.5, 0.6) is 5.75 Å². The number of hydrogen-bond acceptors (Lipinski definition) is 7. The second kappa shape index (κ2) is 11.2. The molecule has 1 amide bonds. The molecule has 0 saturated carbocycles. The van der Waals surface area contributed by atoms with Crippen molar-refractivity contribution in [3.63, 3.8) is 0 Å². The van der Waals surface area contributed by atoms with Crippen LogP contribution in [0.2, 0.25) is 0 Å². The summed E-state index contributed by atoms with van der Waals surface area (Å²) in [6, 6.07) is 9.42. The lowest BCUT2D eigenvalue weighted by Crippen LogP contribution is -2.35. The van der Waals surface area contributed by atoms with Crippen LogP contribution in [-0.4, -0.2) is 36.1 Å². The lowest BCUT2D eigenvalue weighted by molar-refractivity contribution is -0.120.